The highest BCUT2D eigenvalue weighted by Gasteiger charge is 2.25. The van der Waals surface area contributed by atoms with Crippen LogP contribution in [0.1, 0.15) is 64.5 Å². The van der Waals surface area contributed by atoms with E-state index < -0.39 is 5.97 Å². The number of anilines is 2. The Morgan fingerprint density at radius 1 is 1.11 bits per heavy atom. The average Bonchev–Trinajstić information content (AvgIpc) is 3.32. The van der Waals surface area contributed by atoms with Crippen molar-refractivity contribution < 1.29 is 9.90 Å². The molecule has 0 bridgehead atoms. The van der Waals surface area contributed by atoms with E-state index in [-0.39, 0.29) is 17.2 Å². The normalized spacial score (nSPS) is 15.2. The lowest BCUT2D eigenvalue weighted by Gasteiger charge is -2.33. The molecule has 1 fully saturated rings. The lowest BCUT2D eigenvalue weighted by Crippen LogP contribution is -2.37. The van der Waals surface area contributed by atoms with Crippen LogP contribution in [0.2, 0.25) is 0 Å². The van der Waals surface area contributed by atoms with E-state index >= 15 is 0 Å². The molecule has 3 aromatic heterocycles. The zero-order valence-electron chi connectivity index (χ0n) is 21.6. The van der Waals surface area contributed by atoms with Crippen LogP contribution in [0.3, 0.4) is 0 Å². The van der Waals surface area contributed by atoms with Gasteiger partial charge in [-0.2, -0.15) is 5.10 Å². The third kappa shape index (κ3) is 4.69. The number of aryl methyl sites for hydroxylation is 2. The number of para-hydroxylation sites is 1. The van der Waals surface area contributed by atoms with Crippen molar-refractivity contribution in [1.82, 2.24) is 19.2 Å². The van der Waals surface area contributed by atoms with Crippen LogP contribution >= 0.6 is 0 Å². The van der Waals surface area contributed by atoms with Crippen LogP contribution in [0.25, 0.3) is 5.65 Å². The number of fused-ring (bicyclic) bond motifs is 1. The Morgan fingerprint density at radius 2 is 1.84 bits per heavy atom. The van der Waals surface area contributed by atoms with E-state index in [2.05, 4.69) is 21.5 Å². The van der Waals surface area contributed by atoms with E-state index in [9.17, 15) is 14.7 Å². The molecule has 0 spiro atoms. The molecule has 0 aliphatic carbocycles. The van der Waals surface area contributed by atoms with E-state index in [0.29, 0.717) is 28.8 Å². The van der Waals surface area contributed by atoms with Crippen molar-refractivity contribution in [3.8, 4) is 0 Å². The van der Waals surface area contributed by atoms with Crippen molar-refractivity contribution in [1.29, 1.82) is 0 Å². The number of hydrogen-bond acceptors (Lipinski definition) is 6. The van der Waals surface area contributed by atoms with E-state index in [1.54, 1.807) is 28.7 Å². The van der Waals surface area contributed by atoms with Gasteiger partial charge in [-0.05, 0) is 69.9 Å². The van der Waals surface area contributed by atoms with Crippen molar-refractivity contribution in [2.75, 3.05) is 23.3 Å². The average molecular weight is 501 g/mol. The quantitative estimate of drug-likeness (QED) is 0.401. The van der Waals surface area contributed by atoms with Gasteiger partial charge in [-0.1, -0.05) is 12.1 Å². The maximum absolute atomic E-state index is 13.5. The highest BCUT2D eigenvalue weighted by Crippen LogP contribution is 2.29. The summed E-state index contributed by atoms with van der Waals surface area (Å²) < 4.78 is 3.66. The Hall–Kier alpha value is -4.14. The Bertz CT molecular complexity index is 1530. The topological polar surface area (TPSA) is 105 Å². The molecule has 0 saturated carbocycles. The maximum Gasteiger partial charge on any atom is 0.337 e. The zero-order chi connectivity index (χ0) is 26.3. The van der Waals surface area contributed by atoms with Gasteiger partial charge in [-0.25, -0.2) is 9.78 Å². The summed E-state index contributed by atoms with van der Waals surface area (Å²) in [4.78, 5) is 32.4. The molecule has 1 aromatic carbocycles. The van der Waals surface area contributed by atoms with Gasteiger partial charge < -0.3 is 15.3 Å². The van der Waals surface area contributed by atoms with Gasteiger partial charge in [0.15, 0.2) is 0 Å². The first kappa shape index (κ1) is 24.5. The first-order valence-electron chi connectivity index (χ1n) is 12.6. The van der Waals surface area contributed by atoms with E-state index in [0.717, 1.165) is 42.6 Å². The molecular formula is C28H32N6O3. The maximum atomic E-state index is 13.5. The lowest BCUT2D eigenvalue weighted by molar-refractivity contribution is 0.0698. The van der Waals surface area contributed by atoms with Crippen molar-refractivity contribution in [2.24, 2.45) is 0 Å². The SMILES string of the molecule is Cc1cnn(C2CCN(c3nc4c([C@@H](C)Nc5ccccc5C(=O)O)cc(C)cn4c(=O)c3C)CC2)c1. The first-order valence-corrected chi connectivity index (χ1v) is 12.6. The summed E-state index contributed by atoms with van der Waals surface area (Å²) in [5.74, 6) is -0.284. The minimum atomic E-state index is -0.995. The monoisotopic (exact) mass is 500 g/mol. The third-order valence-electron chi connectivity index (χ3n) is 7.15. The molecule has 9 nitrogen and oxygen atoms in total. The summed E-state index contributed by atoms with van der Waals surface area (Å²) >= 11 is 0. The molecule has 1 saturated heterocycles. The minimum Gasteiger partial charge on any atom is -0.478 e. The second-order valence-electron chi connectivity index (χ2n) is 9.96. The second kappa shape index (κ2) is 9.72. The van der Waals surface area contributed by atoms with Gasteiger partial charge in [0.05, 0.1) is 29.4 Å². The molecule has 1 aliphatic rings. The van der Waals surface area contributed by atoms with Crippen LogP contribution in [-0.4, -0.2) is 43.3 Å². The van der Waals surface area contributed by atoms with Crippen LogP contribution in [0, 0.1) is 20.8 Å². The Morgan fingerprint density at radius 3 is 2.51 bits per heavy atom. The van der Waals surface area contributed by atoms with E-state index in [1.807, 2.05) is 50.8 Å². The predicted molar refractivity (Wildman–Crippen MR) is 144 cm³/mol. The number of piperidine rings is 1. The molecular weight excluding hydrogens is 468 g/mol. The number of aromatic carboxylic acids is 1. The minimum absolute atomic E-state index is 0.0899. The summed E-state index contributed by atoms with van der Waals surface area (Å²) in [5.41, 5.74) is 4.74. The highest BCUT2D eigenvalue weighted by molar-refractivity contribution is 5.94. The number of aromatic nitrogens is 4. The smallest absolute Gasteiger partial charge is 0.337 e. The molecule has 2 N–H and O–H groups in total. The van der Waals surface area contributed by atoms with Crippen molar-refractivity contribution in [2.45, 2.75) is 52.6 Å². The number of carbonyl (C=O) groups is 1. The predicted octanol–water partition coefficient (Wildman–Crippen LogP) is 4.53. The van der Waals surface area contributed by atoms with Crippen LogP contribution < -0.4 is 15.8 Å². The van der Waals surface area contributed by atoms with Crippen LogP contribution in [0.4, 0.5) is 11.5 Å². The summed E-state index contributed by atoms with van der Waals surface area (Å²) in [6.45, 7) is 9.35. The van der Waals surface area contributed by atoms with Gasteiger partial charge in [0, 0.05) is 36.7 Å². The molecule has 1 atom stereocenters. The van der Waals surface area contributed by atoms with Crippen molar-refractivity contribution >= 4 is 23.1 Å². The Labute approximate surface area is 215 Å². The standard InChI is InChI=1S/C28H32N6O3/c1-17-13-23(20(4)30-24-8-6-5-7-22(24)28(36)37)26-31-25(19(3)27(35)33(26)15-17)32-11-9-21(10-12-32)34-16-18(2)14-29-34/h5-8,13-16,20-21,30H,9-12H2,1-4H3,(H,36,37)/t20-/m1/s1. The summed E-state index contributed by atoms with van der Waals surface area (Å²) in [7, 11) is 0. The van der Waals surface area contributed by atoms with Crippen LogP contribution in [0.5, 0.6) is 0 Å². The molecule has 192 valence electrons. The number of carboxylic acid groups (broad SMARTS) is 1. The van der Waals surface area contributed by atoms with Crippen LogP contribution in [-0.2, 0) is 0 Å². The number of carboxylic acids is 1. The number of nitrogens with zero attached hydrogens (tertiary/aromatic N) is 5. The highest BCUT2D eigenvalue weighted by atomic mass is 16.4. The molecule has 0 radical (unpaired) electrons. The lowest BCUT2D eigenvalue weighted by atomic mass is 10.0. The number of nitrogens with one attached hydrogen (secondary N) is 1. The molecule has 9 heteroatoms. The zero-order valence-corrected chi connectivity index (χ0v) is 21.6. The molecule has 1 aliphatic heterocycles. The summed E-state index contributed by atoms with van der Waals surface area (Å²) in [5, 5.41) is 17.4. The van der Waals surface area contributed by atoms with Gasteiger partial charge in [0.1, 0.15) is 11.5 Å². The van der Waals surface area contributed by atoms with Gasteiger partial charge in [0.25, 0.3) is 5.56 Å². The number of benzene rings is 1. The van der Waals surface area contributed by atoms with Gasteiger partial charge in [-0.3, -0.25) is 13.9 Å². The first-order chi connectivity index (χ1) is 17.7. The second-order valence-corrected chi connectivity index (χ2v) is 9.96. The fourth-order valence-electron chi connectivity index (χ4n) is 5.19. The summed E-state index contributed by atoms with van der Waals surface area (Å²) in [6.07, 6.45) is 7.63. The largest absolute Gasteiger partial charge is 0.478 e. The molecule has 4 aromatic rings. The Kier molecular flexibility index (Phi) is 6.45. The Balaban J connectivity index is 1.50. The van der Waals surface area contributed by atoms with E-state index in [1.165, 1.54) is 0 Å². The van der Waals surface area contributed by atoms with Crippen LogP contribution in [0.15, 0.2) is 53.7 Å². The summed E-state index contributed by atoms with van der Waals surface area (Å²) in [6, 6.07) is 8.88. The third-order valence-corrected chi connectivity index (χ3v) is 7.15. The number of hydrogen-bond donors (Lipinski definition) is 2. The van der Waals surface area contributed by atoms with Gasteiger partial charge in [0.2, 0.25) is 0 Å². The molecule has 4 heterocycles. The molecule has 5 rings (SSSR count). The van der Waals surface area contributed by atoms with Gasteiger partial charge >= 0.3 is 5.97 Å². The fourth-order valence-corrected chi connectivity index (χ4v) is 5.19. The number of rotatable bonds is 6. The molecule has 0 unspecified atom stereocenters. The molecule has 0 amide bonds. The molecule has 37 heavy (non-hydrogen) atoms. The number of pyridine rings is 1. The van der Waals surface area contributed by atoms with E-state index in [4.69, 9.17) is 4.98 Å². The van der Waals surface area contributed by atoms with Gasteiger partial charge in [-0.15, -0.1) is 0 Å². The van der Waals surface area contributed by atoms with Crippen molar-refractivity contribution in [3.05, 3.63) is 87.1 Å². The fraction of sp³-hybridized carbons (Fsp3) is 0.357. The van der Waals surface area contributed by atoms with Crippen molar-refractivity contribution in [3.63, 3.8) is 0 Å².